The fraction of sp³-hybridized carbons (Fsp3) is 0.455. The van der Waals surface area contributed by atoms with Crippen molar-refractivity contribution in [2.45, 2.75) is 26.7 Å². The van der Waals surface area contributed by atoms with Crippen LogP contribution in [0.3, 0.4) is 0 Å². The lowest BCUT2D eigenvalue weighted by Gasteiger charge is -2.09. The van der Waals surface area contributed by atoms with Gasteiger partial charge in [-0.2, -0.15) is 0 Å². The summed E-state index contributed by atoms with van der Waals surface area (Å²) in [5.74, 6) is -0.272. The molecule has 0 saturated heterocycles. The summed E-state index contributed by atoms with van der Waals surface area (Å²) in [5, 5.41) is 13.8. The number of anilines is 1. The smallest absolute Gasteiger partial charge is 0.305 e. The van der Waals surface area contributed by atoms with Crippen molar-refractivity contribution < 1.29 is 9.72 Å². The van der Waals surface area contributed by atoms with E-state index in [2.05, 4.69) is 10.3 Å². The van der Waals surface area contributed by atoms with Gasteiger partial charge in [0.15, 0.2) is 0 Å². The van der Waals surface area contributed by atoms with Crippen molar-refractivity contribution in [2.75, 3.05) is 5.32 Å². The fourth-order valence-corrected chi connectivity index (χ4v) is 1.83. The van der Waals surface area contributed by atoms with Gasteiger partial charge in [0.2, 0.25) is 11.7 Å². The van der Waals surface area contributed by atoms with Crippen LogP contribution in [0.5, 0.6) is 0 Å². The largest absolute Gasteiger partial charge is 0.316 e. The van der Waals surface area contributed by atoms with E-state index in [0.717, 1.165) is 12.8 Å². The van der Waals surface area contributed by atoms with E-state index in [0.29, 0.717) is 11.3 Å². The highest BCUT2D eigenvalue weighted by molar-refractivity contribution is 6.32. The lowest BCUT2D eigenvalue weighted by atomic mass is 10.2. The van der Waals surface area contributed by atoms with E-state index in [-0.39, 0.29) is 28.4 Å². The van der Waals surface area contributed by atoms with Crippen LogP contribution in [0.25, 0.3) is 0 Å². The molecular formula is C11H12ClN3O3. The third kappa shape index (κ3) is 2.28. The normalized spacial score (nSPS) is 14.4. The molecule has 1 aromatic rings. The molecule has 2 rings (SSSR count). The highest BCUT2D eigenvalue weighted by Crippen LogP contribution is 2.35. The quantitative estimate of drug-likeness (QED) is 0.675. The summed E-state index contributed by atoms with van der Waals surface area (Å²) < 4.78 is 0. The van der Waals surface area contributed by atoms with Crippen LogP contribution >= 0.6 is 11.6 Å². The van der Waals surface area contributed by atoms with Gasteiger partial charge in [0.1, 0.15) is 0 Å². The Morgan fingerprint density at radius 3 is 2.61 bits per heavy atom. The van der Waals surface area contributed by atoms with Crippen LogP contribution in [0.4, 0.5) is 11.5 Å². The van der Waals surface area contributed by atoms with Crippen molar-refractivity contribution >= 4 is 29.0 Å². The summed E-state index contributed by atoms with van der Waals surface area (Å²) in [6.45, 7) is 3.19. The summed E-state index contributed by atoms with van der Waals surface area (Å²) >= 11 is 5.93. The number of nitrogens with one attached hydrogen (secondary N) is 1. The van der Waals surface area contributed by atoms with Crippen LogP contribution < -0.4 is 5.32 Å². The summed E-state index contributed by atoms with van der Waals surface area (Å²) in [5.41, 5.74) is 0.547. The molecular weight excluding hydrogens is 258 g/mol. The molecule has 1 aliphatic carbocycles. The second-order valence-corrected chi connectivity index (χ2v) is 4.73. The molecule has 1 fully saturated rings. The van der Waals surface area contributed by atoms with E-state index in [1.165, 1.54) is 0 Å². The molecule has 0 atom stereocenters. The lowest BCUT2D eigenvalue weighted by Crippen LogP contribution is -2.16. The molecule has 0 bridgehead atoms. The molecule has 0 radical (unpaired) electrons. The Labute approximate surface area is 109 Å². The minimum absolute atomic E-state index is 0.0173. The number of nitro groups is 1. The first-order valence-corrected chi connectivity index (χ1v) is 5.91. The summed E-state index contributed by atoms with van der Waals surface area (Å²) in [6, 6.07) is 0. The zero-order valence-electron chi connectivity index (χ0n) is 9.99. The molecule has 1 saturated carbocycles. The van der Waals surface area contributed by atoms with E-state index in [1.54, 1.807) is 13.8 Å². The van der Waals surface area contributed by atoms with Gasteiger partial charge < -0.3 is 5.32 Å². The summed E-state index contributed by atoms with van der Waals surface area (Å²) in [4.78, 5) is 26.1. The number of nitrogens with zero attached hydrogens (tertiary/aromatic N) is 2. The number of halogens is 1. The highest BCUT2D eigenvalue weighted by atomic mass is 35.5. The van der Waals surface area contributed by atoms with Crippen LogP contribution in [-0.4, -0.2) is 15.8 Å². The van der Waals surface area contributed by atoms with Crippen molar-refractivity contribution in [3.05, 3.63) is 26.4 Å². The van der Waals surface area contributed by atoms with Gasteiger partial charge >= 0.3 is 5.69 Å². The predicted molar refractivity (Wildman–Crippen MR) is 66.7 cm³/mol. The minimum Gasteiger partial charge on any atom is -0.305 e. The van der Waals surface area contributed by atoms with Gasteiger partial charge in [-0.15, -0.1) is 0 Å². The molecule has 1 heterocycles. The van der Waals surface area contributed by atoms with Crippen molar-refractivity contribution in [3.63, 3.8) is 0 Å². The number of aryl methyl sites for hydroxylation is 1. The number of amides is 1. The van der Waals surface area contributed by atoms with Gasteiger partial charge in [-0.05, 0) is 26.7 Å². The van der Waals surface area contributed by atoms with Crippen molar-refractivity contribution in [2.24, 2.45) is 5.92 Å². The molecule has 6 nitrogen and oxygen atoms in total. The SMILES string of the molecule is Cc1nc(NC(=O)C2CC2)c([N+](=O)[O-])c(C)c1Cl. The van der Waals surface area contributed by atoms with Gasteiger partial charge in [-0.1, -0.05) is 11.6 Å². The second kappa shape index (κ2) is 4.53. The molecule has 0 spiro atoms. The number of carbonyl (C=O) groups is 1. The third-order valence-electron chi connectivity index (χ3n) is 2.88. The highest BCUT2D eigenvalue weighted by Gasteiger charge is 2.32. The number of rotatable bonds is 3. The maximum absolute atomic E-state index is 11.7. The molecule has 18 heavy (non-hydrogen) atoms. The molecule has 1 N–H and O–H groups in total. The van der Waals surface area contributed by atoms with Crippen LogP contribution in [0.1, 0.15) is 24.1 Å². The van der Waals surface area contributed by atoms with Crippen LogP contribution in [0.2, 0.25) is 5.02 Å². The molecule has 1 aliphatic rings. The lowest BCUT2D eigenvalue weighted by molar-refractivity contribution is -0.384. The average Bonchev–Trinajstić information content (AvgIpc) is 3.09. The zero-order chi connectivity index (χ0) is 13.4. The fourth-order valence-electron chi connectivity index (χ4n) is 1.70. The van der Waals surface area contributed by atoms with Gasteiger partial charge in [0.05, 0.1) is 21.2 Å². The average molecular weight is 270 g/mol. The molecule has 7 heteroatoms. The zero-order valence-corrected chi connectivity index (χ0v) is 10.7. The van der Waals surface area contributed by atoms with Gasteiger partial charge in [-0.25, -0.2) is 4.98 Å². The van der Waals surface area contributed by atoms with Crippen molar-refractivity contribution in [1.29, 1.82) is 0 Å². The molecule has 0 unspecified atom stereocenters. The predicted octanol–water partition coefficient (Wildman–Crippen LogP) is 2.61. The topological polar surface area (TPSA) is 85.1 Å². The number of aromatic nitrogens is 1. The van der Waals surface area contributed by atoms with E-state index < -0.39 is 4.92 Å². The number of carbonyl (C=O) groups excluding carboxylic acids is 1. The Balaban J connectivity index is 2.44. The first-order chi connectivity index (χ1) is 8.41. The van der Waals surface area contributed by atoms with Crippen molar-refractivity contribution in [1.82, 2.24) is 4.98 Å². The molecule has 1 aromatic heterocycles. The first kappa shape index (κ1) is 12.8. The Morgan fingerprint density at radius 2 is 2.11 bits per heavy atom. The Kier molecular flexibility index (Phi) is 3.21. The van der Waals surface area contributed by atoms with Crippen LogP contribution in [-0.2, 0) is 4.79 Å². The molecule has 0 aliphatic heterocycles. The van der Waals surface area contributed by atoms with Gasteiger partial charge in [0.25, 0.3) is 0 Å². The molecule has 1 amide bonds. The second-order valence-electron chi connectivity index (χ2n) is 4.35. The summed E-state index contributed by atoms with van der Waals surface area (Å²) in [6.07, 6.45) is 1.65. The number of hydrogen-bond donors (Lipinski definition) is 1. The van der Waals surface area contributed by atoms with E-state index in [9.17, 15) is 14.9 Å². The van der Waals surface area contributed by atoms with Gasteiger partial charge in [0, 0.05) is 5.92 Å². The maximum Gasteiger partial charge on any atom is 0.316 e. The van der Waals surface area contributed by atoms with Crippen molar-refractivity contribution in [3.8, 4) is 0 Å². The molecule has 96 valence electrons. The monoisotopic (exact) mass is 269 g/mol. The van der Waals surface area contributed by atoms with E-state index >= 15 is 0 Å². The Morgan fingerprint density at radius 1 is 1.50 bits per heavy atom. The van der Waals surface area contributed by atoms with E-state index in [4.69, 9.17) is 11.6 Å². The van der Waals surface area contributed by atoms with E-state index in [1.807, 2.05) is 0 Å². The summed E-state index contributed by atoms with van der Waals surface area (Å²) in [7, 11) is 0. The van der Waals surface area contributed by atoms with Crippen LogP contribution in [0.15, 0.2) is 0 Å². The maximum atomic E-state index is 11.7. The Hall–Kier alpha value is -1.69. The Bertz CT molecular complexity index is 541. The first-order valence-electron chi connectivity index (χ1n) is 5.53. The third-order valence-corrected chi connectivity index (χ3v) is 3.44. The minimum atomic E-state index is -0.573. The number of hydrogen-bond acceptors (Lipinski definition) is 4. The molecule has 0 aromatic carbocycles. The van der Waals surface area contributed by atoms with Gasteiger partial charge in [-0.3, -0.25) is 14.9 Å². The standard InChI is InChI=1S/C11H12ClN3O3/c1-5-8(12)6(2)13-10(9(5)15(17)18)14-11(16)7-3-4-7/h7H,3-4H2,1-2H3,(H,13,14,16). The van der Waals surface area contributed by atoms with Crippen LogP contribution in [0, 0.1) is 29.9 Å². The number of pyridine rings is 1.